The number of nitrogens with two attached hydrogens (primary N) is 1. The lowest BCUT2D eigenvalue weighted by molar-refractivity contribution is -0.870. The molecule has 0 bridgehead atoms. The van der Waals surface area contributed by atoms with Crippen molar-refractivity contribution in [3.05, 3.63) is 27.8 Å². The number of anilines is 2. The SMILES string of the molecule is Cc1cc([N+](=O)[O-])c(NCCC[N+](C)(C)C)cc1N. The number of quaternary nitrogens is 1. The van der Waals surface area contributed by atoms with Gasteiger partial charge in [-0.25, -0.2) is 0 Å². The minimum atomic E-state index is -0.380. The summed E-state index contributed by atoms with van der Waals surface area (Å²) in [5, 5.41) is 14.1. The zero-order chi connectivity index (χ0) is 14.6. The van der Waals surface area contributed by atoms with Gasteiger partial charge in [0.15, 0.2) is 0 Å². The number of hydrogen-bond acceptors (Lipinski definition) is 4. The van der Waals surface area contributed by atoms with E-state index in [9.17, 15) is 10.1 Å². The van der Waals surface area contributed by atoms with Gasteiger partial charge in [-0.15, -0.1) is 0 Å². The second-order valence-electron chi connectivity index (χ2n) is 5.78. The fourth-order valence-corrected chi connectivity index (χ4v) is 1.78. The highest BCUT2D eigenvalue weighted by atomic mass is 16.6. The van der Waals surface area contributed by atoms with Crippen LogP contribution < -0.4 is 11.1 Å². The van der Waals surface area contributed by atoms with E-state index in [0.29, 0.717) is 17.9 Å². The first-order valence-electron chi connectivity index (χ1n) is 6.29. The lowest BCUT2D eigenvalue weighted by atomic mass is 10.1. The van der Waals surface area contributed by atoms with Crippen molar-refractivity contribution in [2.75, 3.05) is 45.3 Å². The monoisotopic (exact) mass is 267 g/mol. The molecule has 0 aliphatic heterocycles. The molecule has 3 N–H and O–H groups in total. The van der Waals surface area contributed by atoms with Crippen LogP contribution in [0.2, 0.25) is 0 Å². The van der Waals surface area contributed by atoms with Crippen LogP contribution in [0.5, 0.6) is 0 Å². The lowest BCUT2D eigenvalue weighted by Gasteiger charge is -2.23. The van der Waals surface area contributed by atoms with Gasteiger partial charge in [-0.3, -0.25) is 10.1 Å². The summed E-state index contributed by atoms with van der Waals surface area (Å²) in [5.41, 5.74) is 7.67. The first-order chi connectivity index (χ1) is 8.70. The van der Waals surface area contributed by atoms with Crippen molar-refractivity contribution in [2.24, 2.45) is 0 Å². The summed E-state index contributed by atoms with van der Waals surface area (Å²) in [4.78, 5) is 10.6. The van der Waals surface area contributed by atoms with Crippen LogP contribution in [0.3, 0.4) is 0 Å². The Morgan fingerprint density at radius 3 is 2.53 bits per heavy atom. The maximum atomic E-state index is 11.0. The molecule has 19 heavy (non-hydrogen) atoms. The van der Waals surface area contributed by atoms with Gasteiger partial charge >= 0.3 is 0 Å². The van der Waals surface area contributed by atoms with Gasteiger partial charge in [0.1, 0.15) is 5.69 Å². The molecule has 1 rings (SSSR count). The van der Waals surface area contributed by atoms with E-state index in [1.54, 1.807) is 13.0 Å². The highest BCUT2D eigenvalue weighted by Gasteiger charge is 2.15. The number of nitrogens with zero attached hydrogens (tertiary/aromatic N) is 2. The normalized spacial score (nSPS) is 11.4. The Morgan fingerprint density at radius 1 is 1.37 bits per heavy atom. The van der Waals surface area contributed by atoms with Crippen LogP contribution in [0.15, 0.2) is 12.1 Å². The number of benzene rings is 1. The third-order valence-electron chi connectivity index (χ3n) is 2.90. The van der Waals surface area contributed by atoms with E-state index < -0.39 is 0 Å². The zero-order valence-electron chi connectivity index (χ0n) is 12.1. The molecular formula is C13H23N4O2+. The maximum absolute atomic E-state index is 11.0. The van der Waals surface area contributed by atoms with Gasteiger partial charge in [-0.2, -0.15) is 0 Å². The molecule has 1 aromatic carbocycles. The predicted molar refractivity (Wildman–Crippen MR) is 78.3 cm³/mol. The molecule has 0 fully saturated rings. The van der Waals surface area contributed by atoms with Crippen molar-refractivity contribution in [3.63, 3.8) is 0 Å². The van der Waals surface area contributed by atoms with E-state index in [1.165, 1.54) is 6.07 Å². The Kier molecular flexibility index (Phi) is 4.72. The zero-order valence-corrected chi connectivity index (χ0v) is 12.1. The largest absolute Gasteiger partial charge is 0.398 e. The number of nitro benzene ring substituents is 1. The Balaban J connectivity index is 2.72. The lowest BCUT2D eigenvalue weighted by Crippen LogP contribution is -2.36. The van der Waals surface area contributed by atoms with Crippen molar-refractivity contribution in [1.82, 2.24) is 0 Å². The second kappa shape index (κ2) is 5.88. The summed E-state index contributed by atoms with van der Waals surface area (Å²) in [5.74, 6) is 0. The quantitative estimate of drug-likeness (QED) is 0.271. The summed E-state index contributed by atoms with van der Waals surface area (Å²) in [7, 11) is 6.35. The molecule has 0 spiro atoms. The van der Waals surface area contributed by atoms with Gasteiger partial charge in [0.05, 0.1) is 32.6 Å². The molecule has 0 unspecified atom stereocenters. The number of rotatable bonds is 6. The number of nitrogen functional groups attached to an aromatic ring is 1. The van der Waals surface area contributed by atoms with E-state index in [-0.39, 0.29) is 10.6 Å². The molecule has 0 atom stereocenters. The van der Waals surface area contributed by atoms with E-state index in [4.69, 9.17) is 5.73 Å². The van der Waals surface area contributed by atoms with E-state index in [2.05, 4.69) is 26.5 Å². The molecule has 0 aliphatic rings. The van der Waals surface area contributed by atoms with E-state index in [0.717, 1.165) is 23.0 Å². The summed E-state index contributed by atoms with van der Waals surface area (Å²) < 4.78 is 0.875. The summed E-state index contributed by atoms with van der Waals surface area (Å²) in [6.45, 7) is 3.46. The first-order valence-corrected chi connectivity index (χ1v) is 6.29. The fourth-order valence-electron chi connectivity index (χ4n) is 1.78. The summed E-state index contributed by atoms with van der Waals surface area (Å²) in [6.07, 6.45) is 0.939. The minimum absolute atomic E-state index is 0.0805. The van der Waals surface area contributed by atoms with Crippen LogP contribution in [-0.4, -0.2) is 43.6 Å². The average molecular weight is 267 g/mol. The molecule has 0 aliphatic carbocycles. The Hall–Kier alpha value is -1.82. The van der Waals surface area contributed by atoms with Crippen molar-refractivity contribution in [1.29, 1.82) is 0 Å². The second-order valence-corrected chi connectivity index (χ2v) is 5.78. The molecule has 0 amide bonds. The first kappa shape index (κ1) is 15.2. The fraction of sp³-hybridized carbons (Fsp3) is 0.538. The Morgan fingerprint density at radius 2 is 2.00 bits per heavy atom. The van der Waals surface area contributed by atoms with Gasteiger partial charge < -0.3 is 15.5 Å². The predicted octanol–water partition coefficient (Wildman–Crippen LogP) is 1.99. The molecule has 0 aromatic heterocycles. The van der Waals surface area contributed by atoms with Gasteiger partial charge in [-0.05, 0) is 18.6 Å². The molecule has 0 saturated carbocycles. The van der Waals surface area contributed by atoms with Crippen LogP contribution >= 0.6 is 0 Å². The highest BCUT2D eigenvalue weighted by molar-refractivity contribution is 5.70. The van der Waals surface area contributed by atoms with Crippen molar-refractivity contribution >= 4 is 17.1 Å². The maximum Gasteiger partial charge on any atom is 0.292 e. The van der Waals surface area contributed by atoms with Crippen molar-refractivity contribution in [3.8, 4) is 0 Å². The molecule has 0 radical (unpaired) electrons. The molecule has 1 aromatic rings. The number of nitrogens with one attached hydrogen (secondary N) is 1. The minimum Gasteiger partial charge on any atom is -0.398 e. The van der Waals surface area contributed by atoms with Crippen LogP contribution in [0.25, 0.3) is 0 Å². The van der Waals surface area contributed by atoms with Crippen LogP contribution in [0.1, 0.15) is 12.0 Å². The van der Waals surface area contributed by atoms with Gasteiger partial charge in [0.25, 0.3) is 5.69 Å². The third kappa shape index (κ3) is 4.75. The average Bonchev–Trinajstić information content (AvgIpc) is 2.27. The summed E-state index contributed by atoms with van der Waals surface area (Å²) in [6, 6.07) is 3.15. The third-order valence-corrected chi connectivity index (χ3v) is 2.90. The molecule has 6 nitrogen and oxygen atoms in total. The van der Waals surface area contributed by atoms with Crippen molar-refractivity contribution in [2.45, 2.75) is 13.3 Å². The smallest absolute Gasteiger partial charge is 0.292 e. The van der Waals surface area contributed by atoms with Crippen molar-refractivity contribution < 1.29 is 9.41 Å². The van der Waals surface area contributed by atoms with Crippen LogP contribution in [-0.2, 0) is 0 Å². The molecule has 106 valence electrons. The highest BCUT2D eigenvalue weighted by Crippen LogP contribution is 2.29. The Bertz CT molecular complexity index is 466. The molecule has 0 saturated heterocycles. The van der Waals surface area contributed by atoms with E-state index in [1.807, 2.05) is 0 Å². The van der Waals surface area contributed by atoms with Gasteiger partial charge in [0.2, 0.25) is 0 Å². The topological polar surface area (TPSA) is 81.2 Å². The standard InChI is InChI=1S/C13H23N4O2/c1-10-8-13(16(18)19)12(9-11(10)14)15-6-5-7-17(2,3)4/h8-9,15H,5-7,14H2,1-4H3/q+1. The van der Waals surface area contributed by atoms with E-state index >= 15 is 0 Å². The van der Waals surface area contributed by atoms with Gasteiger partial charge in [0, 0.05) is 24.7 Å². The summed E-state index contributed by atoms with van der Waals surface area (Å²) >= 11 is 0. The molecular weight excluding hydrogens is 244 g/mol. The molecule has 0 heterocycles. The van der Waals surface area contributed by atoms with Crippen LogP contribution in [0, 0.1) is 17.0 Å². The number of nitro groups is 1. The molecule has 6 heteroatoms. The number of hydrogen-bond donors (Lipinski definition) is 2. The van der Waals surface area contributed by atoms with Gasteiger partial charge in [-0.1, -0.05) is 0 Å². The Labute approximate surface area is 113 Å². The van der Waals surface area contributed by atoms with Crippen LogP contribution in [0.4, 0.5) is 17.1 Å². The number of aryl methyl sites for hydroxylation is 1.